The third kappa shape index (κ3) is 5.61. The van der Waals surface area contributed by atoms with Crippen LogP contribution in [0.1, 0.15) is 50.6 Å². The number of halogens is 1. The lowest BCUT2D eigenvalue weighted by molar-refractivity contribution is 0.0519. The van der Waals surface area contributed by atoms with Crippen LogP contribution in [-0.2, 0) is 11.2 Å². The molecule has 4 aromatic rings. The molecule has 7 heteroatoms. The van der Waals surface area contributed by atoms with Gasteiger partial charge in [0.2, 0.25) is 0 Å². The van der Waals surface area contributed by atoms with Gasteiger partial charge in [0, 0.05) is 5.56 Å². The minimum atomic E-state index is -0.569. The summed E-state index contributed by atoms with van der Waals surface area (Å²) in [6, 6.07) is 26.8. The zero-order valence-electron chi connectivity index (χ0n) is 19.6. The highest BCUT2D eigenvalue weighted by atomic mass is 35.5. The number of amides is 1. The molecule has 0 fully saturated rings. The van der Waals surface area contributed by atoms with E-state index in [4.69, 9.17) is 16.3 Å². The van der Waals surface area contributed by atoms with E-state index in [9.17, 15) is 9.59 Å². The molecule has 1 atom stereocenters. The summed E-state index contributed by atoms with van der Waals surface area (Å²) in [5, 5.41) is 7.73. The Hall–Kier alpha value is -3.90. The summed E-state index contributed by atoms with van der Waals surface area (Å²) in [6.07, 6.45) is 0.677. The van der Waals surface area contributed by atoms with E-state index < -0.39 is 5.97 Å². The van der Waals surface area contributed by atoms with Crippen molar-refractivity contribution >= 4 is 23.5 Å². The number of esters is 1. The van der Waals surface area contributed by atoms with E-state index in [-0.39, 0.29) is 29.3 Å². The van der Waals surface area contributed by atoms with E-state index in [1.807, 2.05) is 48.5 Å². The fourth-order valence-electron chi connectivity index (χ4n) is 3.85. The number of carbonyl (C=O) groups excluding carboxylic acids is 2. The zero-order chi connectivity index (χ0) is 24.8. The summed E-state index contributed by atoms with van der Waals surface area (Å²) in [6.45, 7) is 3.73. The maximum atomic E-state index is 13.1. The van der Waals surface area contributed by atoms with Crippen molar-refractivity contribution in [2.75, 3.05) is 6.61 Å². The van der Waals surface area contributed by atoms with Crippen LogP contribution >= 0.6 is 11.6 Å². The minimum absolute atomic E-state index is 0.0689. The van der Waals surface area contributed by atoms with Crippen LogP contribution in [0, 0.1) is 6.92 Å². The predicted octanol–water partition coefficient (Wildman–Crippen LogP) is 5.72. The van der Waals surface area contributed by atoms with Crippen LogP contribution < -0.4 is 5.32 Å². The van der Waals surface area contributed by atoms with Gasteiger partial charge < -0.3 is 10.1 Å². The Kier molecular flexibility index (Phi) is 7.63. The molecule has 0 spiro atoms. The molecule has 0 bridgehead atoms. The van der Waals surface area contributed by atoms with Gasteiger partial charge in [-0.15, -0.1) is 0 Å². The molecule has 4 rings (SSSR count). The monoisotopic (exact) mass is 487 g/mol. The standard InChI is InChI=1S/C28H26ClN3O3/c1-3-35-28(34)26-25(29)19(2)32(31-26)23-16-14-22(15-17-23)27(33)30-24(21-12-8-5-9-13-21)18-20-10-6-4-7-11-20/h4-17,24H,3,18H2,1-2H3,(H,30,33). The van der Waals surface area contributed by atoms with E-state index in [1.165, 1.54) is 0 Å². The number of ether oxygens (including phenoxy) is 1. The first kappa shape index (κ1) is 24.2. The molecule has 1 heterocycles. The second-order valence-electron chi connectivity index (χ2n) is 8.05. The largest absolute Gasteiger partial charge is 0.461 e. The Morgan fingerprint density at radius 3 is 2.23 bits per heavy atom. The normalized spacial score (nSPS) is 11.6. The summed E-state index contributed by atoms with van der Waals surface area (Å²) in [4.78, 5) is 25.3. The number of nitrogens with one attached hydrogen (secondary N) is 1. The molecular weight excluding hydrogens is 462 g/mol. The second kappa shape index (κ2) is 11.0. The predicted molar refractivity (Wildman–Crippen MR) is 136 cm³/mol. The van der Waals surface area contributed by atoms with E-state index in [2.05, 4.69) is 22.5 Å². The lowest BCUT2D eigenvalue weighted by Crippen LogP contribution is -2.30. The number of nitrogens with zero attached hydrogens (tertiary/aromatic N) is 2. The van der Waals surface area contributed by atoms with Crippen molar-refractivity contribution in [3.63, 3.8) is 0 Å². The summed E-state index contributed by atoms with van der Waals surface area (Å²) in [5.41, 5.74) is 4.05. The van der Waals surface area contributed by atoms with Gasteiger partial charge in [0.15, 0.2) is 5.69 Å². The molecule has 1 unspecified atom stereocenters. The number of benzene rings is 3. The van der Waals surface area contributed by atoms with Crippen LogP contribution in [0.2, 0.25) is 5.02 Å². The van der Waals surface area contributed by atoms with Crippen LogP contribution in [0.4, 0.5) is 0 Å². The third-order valence-electron chi connectivity index (χ3n) is 5.68. The summed E-state index contributed by atoms with van der Waals surface area (Å²) < 4.78 is 6.60. The van der Waals surface area contributed by atoms with Crippen LogP contribution in [0.25, 0.3) is 5.69 Å². The molecule has 0 radical (unpaired) electrons. The fraction of sp³-hybridized carbons (Fsp3) is 0.179. The second-order valence-corrected chi connectivity index (χ2v) is 8.43. The number of rotatable bonds is 8. The molecule has 6 nitrogen and oxygen atoms in total. The number of aromatic nitrogens is 2. The van der Waals surface area contributed by atoms with Gasteiger partial charge in [-0.05, 0) is 55.7 Å². The maximum absolute atomic E-state index is 13.1. The third-order valence-corrected chi connectivity index (χ3v) is 6.13. The average Bonchev–Trinajstić information content (AvgIpc) is 3.19. The van der Waals surface area contributed by atoms with Crippen LogP contribution in [0.15, 0.2) is 84.9 Å². The summed E-state index contributed by atoms with van der Waals surface area (Å²) >= 11 is 6.31. The van der Waals surface area contributed by atoms with Gasteiger partial charge in [-0.25, -0.2) is 9.48 Å². The summed E-state index contributed by atoms with van der Waals surface area (Å²) in [5.74, 6) is -0.746. The molecule has 0 aliphatic carbocycles. The van der Waals surface area contributed by atoms with Gasteiger partial charge in [0.1, 0.15) is 0 Å². The number of carbonyl (C=O) groups is 2. The molecule has 1 amide bonds. The van der Waals surface area contributed by atoms with E-state index >= 15 is 0 Å². The van der Waals surface area contributed by atoms with Crippen molar-refractivity contribution in [3.8, 4) is 5.69 Å². The molecule has 0 saturated heterocycles. The Labute approximate surface area is 209 Å². The average molecular weight is 488 g/mol. The van der Waals surface area contributed by atoms with Crippen molar-refractivity contribution in [1.29, 1.82) is 0 Å². The van der Waals surface area contributed by atoms with Crippen molar-refractivity contribution < 1.29 is 14.3 Å². The first-order chi connectivity index (χ1) is 17.0. The topological polar surface area (TPSA) is 73.2 Å². The Balaban J connectivity index is 1.54. The van der Waals surface area contributed by atoms with Gasteiger partial charge in [-0.1, -0.05) is 72.3 Å². The molecule has 0 aliphatic heterocycles. The van der Waals surface area contributed by atoms with Gasteiger partial charge in [0.05, 0.1) is 29.1 Å². The molecule has 1 N–H and O–H groups in total. The highest BCUT2D eigenvalue weighted by Crippen LogP contribution is 2.24. The molecule has 1 aromatic heterocycles. The van der Waals surface area contributed by atoms with Crippen molar-refractivity contribution in [3.05, 3.63) is 118 Å². The van der Waals surface area contributed by atoms with Gasteiger partial charge in [0.25, 0.3) is 5.91 Å². The molecule has 0 saturated carbocycles. The lowest BCUT2D eigenvalue weighted by atomic mass is 9.98. The lowest BCUT2D eigenvalue weighted by Gasteiger charge is -2.20. The van der Waals surface area contributed by atoms with Crippen LogP contribution in [0.5, 0.6) is 0 Å². The highest BCUT2D eigenvalue weighted by Gasteiger charge is 2.22. The highest BCUT2D eigenvalue weighted by molar-refractivity contribution is 6.34. The minimum Gasteiger partial charge on any atom is -0.461 e. The van der Waals surface area contributed by atoms with E-state index in [1.54, 1.807) is 42.8 Å². The van der Waals surface area contributed by atoms with E-state index in [0.29, 0.717) is 23.4 Å². The van der Waals surface area contributed by atoms with Gasteiger partial charge >= 0.3 is 5.97 Å². The van der Waals surface area contributed by atoms with Crippen LogP contribution in [0.3, 0.4) is 0 Å². The molecule has 3 aromatic carbocycles. The Bertz CT molecular complexity index is 1300. The zero-order valence-corrected chi connectivity index (χ0v) is 20.3. The fourth-order valence-corrected chi connectivity index (χ4v) is 4.04. The van der Waals surface area contributed by atoms with Crippen molar-refractivity contribution in [1.82, 2.24) is 15.1 Å². The molecule has 0 aliphatic rings. The first-order valence-corrected chi connectivity index (χ1v) is 11.8. The van der Waals surface area contributed by atoms with Gasteiger partial charge in [-0.3, -0.25) is 4.79 Å². The number of hydrogen-bond acceptors (Lipinski definition) is 4. The maximum Gasteiger partial charge on any atom is 0.360 e. The molecule has 178 valence electrons. The van der Waals surface area contributed by atoms with Crippen molar-refractivity contribution in [2.45, 2.75) is 26.3 Å². The Morgan fingerprint density at radius 2 is 1.60 bits per heavy atom. The van der Waals surface area contributed by atoms with Gasteiger partial charge in [-0.2, -0.15) is 5.10 Å². The van der Waals surface area contributed by atoms with E-state index in [0.717, 1.165) is 11.1 Å². The quantitative estimate of drug-likeness (QED) is 0.322. The van der Waals surface area contributed by atoms with Crippen LogP contribution in [-0.4, -0.2) is 28.3 Å². The smallest absolute Gasteiger partial charge is 0.360 e. The first-order valence-electron chi connectivity index (χ1n) is 11.4. The summed E-state index contributed by atoms with van der Waals surface area (Å²) in [7, 11) is 0. The number of hydrogen-bond donors (Lipinski definition) is 1. The molecule has 35 heavy (non-hydrogen) atoms. The SMILES string of the molecule is CCOC(=O)c1nn(-c2ccc(C(=O)NC(Cc3ccccc3)c3ccccc3)cc2)c(C)c1Cl. The Morgan fingerprint density at radius 1 is 0.971 bits per heavy atom. The van der Waals surface area contributed by atoms with Crippen molar-refractivity contribution in [2.24, 2.45) is 0 Å². The molecular formula is C28H26ClN3O3.